The number of carbonyl (C=O) groups excluding carboxylic acids is 1. The van der Waals surface area contributed by atoms with Gasteiger partial charge in [0.05, 0.1) is 10.6 Å². The van der Waals surface area contributed by atoms with Gasteiger partial charge in [-0.1, -0.05) is 37.0 Å². The molecule has 7 heteroatoms. The molecule has 0 aliphatic heterocycles. The van der Waals surface area contributed by atoms with Crippen LogP contribution in [0.25, 0.3) is 0 Å². The lowest BCUT2D eigenvalue weighted by atomic mass is 10.0. The zero-order chi connectivity index (χ0) is 14.7. The number of nitrogens with one attached hydrogen (secondary N) is 1. The molecule has 0 spiro atoms. The number of halogens is 3. The Bertz CT molecular complexity index is 520. The van der Waals surface area contributed by atoms with Gasteiger partial charge in [-0.3, -0.25) is 4.79 Å². The van der Waals surface area contributed by atoms with Crippen molar-refractivity contribution in [3.63, 3.8) is 0 Å². The van der Waals surface area contributed by atoms with Crippen LogP contribution < -0.4 is 5.32 Å². The van der Waals surface area contributed by atoms with Crippen molar-refractivity contribution in [1.82, 2.24) is 5.32 Å². The Kier molecular flexibility index (Phi) is 5.88. The molecule has 0 saturated carbocycles. The lowest BCUT2D eigenvalue weighted by Crippen LogP contribution is -2.44. The van der Waals surface area contributed by atoms with Crippen LogP contribution in [0.2, 0.25) is 10.0 Å². The quantitative estimate of drug-likeness (QED) is 0.584. The number of carbonyl (C=O) groups is 2. The molecule has 1 aromatic rings. The molecule has 0 unspecified atom stereocenters. The predicted octanol–water partition coefficient (Wildman–Crippen LogP) is 3.44. The zero-order valence-electron chi connectivity index (χ0n) is 10.2. The van der Waals surface area contributed by atoms with Crippen LogP contribution in [-0.4, -0.2) is 23.0 Å². The second-order valence-electron chi connectivity index (χ2n) is 4.28. The van der Waals surface area contributed by atoms with Crippen LogP contribution in [0.3, 0.4) is 0 Å². The third kappa shape index (κ3) is 4.22. The fraction of sp³-hybridized carbons (Fsp3) is 0.333. The van der Waals surface area contributed by atoms with Crippen LogP contribution in [0.4, 0.5) is 0 Å². The molecule has 0 aromatic heterocycles. The van der Waals surface area contributed by atoms with E-state index in [0.29, 0.717) is 13.6 Å². The topological polar surface area (TPSA) is 66.4 Å². The smallest absolute Gasteiger partial charge is 0.326 e. The number of rotatable bonds is 4. The minimum Gasteiger partial charge on any atom is -0.480 e. The number of carboxylic acids is 1. The van der Waals surface area contributed by atoms with E-state index in [1.54, 1.807) is 13.8 Å². The molecule has 0 saturated heterocycles. The molecular weight excluding hydrogens is 404 g/mol. The molecule has 0 aliphatic rings. The van der Waals surface area contributed by atoms with Gasteiger partial charge in [-0.15, -0.1) is 0 Å². The summed E-state index contributed by atoms with van der Waals surface area (Å²) in [7, 11) is 0. The molecule has 0 heterocycles. The zero-order valence-corrected chi connectivity index (χ0v) is 13.9. The van der Waals surface area contributed by atoms with Gasteiger partial charge in [-0.2, -0.15) is 0 Å². The second kappa shape index (κ2) is 6.76. The molecular formula is C12H12Cl2INO3. The van der Waals surface area contributed by atoms with Crippen molar-refractivity contribution in [1.29, 1.82) is 0 Å². The molecule has 0 bridgehead atoms. The third-order valence-corrected chi connectivity index (χ3v) is 4.45. The Morgan fingerprint density at radius 1 is 1.32 bits per heavy atom. The van der Waals surface area contributed by atoms with Gasteiger partial charge in [0.15, 0.2) is 0 Å². The van der Waals surface area contributed by atoms with E-state index in [0.717, 1.165) is 0 Å². The van der Waals surface area contributed by atoms with Crippen LogP contribution in [0, 0.1) is 9.49 Å². The largest absolute Gasteiger partial charge is 0.480 e. The Hall–Kier alpha value is -0.530. The molecule has 1 amide bonds. The van der Waals surface area contributed by atoms with Gasteiger partial charge >= 0.3 is 5.97 Å². The minimum absolute atomic E-state index is 0.228. The maximum Gasteiger partial charge on any atom is 0.326 e. The highest BCUT2D eigenvalue weighted by Crippen LogP contribution is 2.27. The molecule has 4 nitrogen and oxygen atoms in total. The number of aliphatic carboxylic acids is 1. The molecule has 1 atom stereocenters. The molecule has 1 rings (SSSR count). The van der Waals surface area contributed by atoms with Crippen molar-refractivity contribution in [3.8, 4) is 0 Å². The molecule has 0 fully saturated rings. The second-order valence-corrected chi connectivity index (χ2v) is 6.20. The summed E-state index contributed by atoms with van der Waals surface area (Å²) >= 11 is 13.7. The van der Waals surface area contributed by atoms with Gasteiger partial charge in [0.1, 0.15) is 6.04 Å². The summed E-state index contributed by atoms with van der Waals surface area (Å²) in [6, 6.07) is 2.03. The first-order chi connectivity index (χ1) is 8.73. The summed E-state index contributed by atoms with van der Waals surface area (Å²) in [5.41, 5.74) is 0.269. The van der Waals surface area contributed by atoms with E-state index in [1.807, 2.05) is 22.6 Å². The standard InChI is InChI=1S/C12H12Cl2INO3/c1-5(2)10(12(18)19)16-11(17)7-3-6(13)4-8(14)9(7)15/h3-5,10H,1-2H3,(H,16,17)(H,18,19)/t10-/m0/s1. The van der Waals surface area contributed by atoms with E-state index >= 15 is 0 Å². The molecule has 19 heavy (non-hydrogen) atoms. The predicted molar refractivity (Wildman–Crippen MR) is 82.9 cm³/mol. The minimum atomic E-state index is -1.08. The van der Waals surface area contributed by atoms with Gasteiger partial charge < -0.3 is 10.4 Å². The van der Waals surface area contributed by atoms with E-state index in [1.165, 1.54) is 12.1 Å². The Morgan fingerprint density at radius 3 is 2.37 bits per heavy atom. The molecule has 1 aromatic carbocycles. The van der Waals surface area contributed by atoms with E-state index < -0.39 is 17.9 Å². The van der Waals surface area contributed by atoms with Gasteiger partial charge in [-0.25, -0.2) is 4.79 Å². The van der Waals surface area contributed by atoms with Crippen LogP contribution in [-0.2, 0) is 4.79 Å². The number of hydrogen-bond donors (Lipinski definition) is 2. The van der Waals surface area contributed by atoms with Gasteiger partial charge in [0, 0.05) is 8.59 Å². The van der Waals surface area contributed by atoms with Crippen LogP contribution >= 0.6 is 45.8 Å². The average molecular weight is 416 g/mol. The Balaban J connectivity index is 3.04. The first-order valence-corrected chi connectivity index (χ1v) is 7.25. The molecule has 104 valence electrons. The summed E-state index contributed by atoms with van der Waals surface area (Å²) in [5, 5.41) is 12.2. The van der Waals surface area contributed by atoms with Crippen molar-refractivity contribution in [2.45, 2.75) is 19.9 Å². The number of benzene rings is 1. The van der Waals surface area contributed by atoms with Gasteiger partial charge in [0.2, 0.25) is 0 Å². The lowest BCUT2D eigenvalue weighted by molar-refractivity contribution is -0.140. The van der Waals surface area contributed by atoms with Crippen LogP contribution in [0.15, 0.2) is 12.1 Å². The highest BCUT2D eigenvalue weighted by atomic mass is 127. The average Bonchev–Trinajstić information content (AvgIpc) is 2.29. The summed E-state index contributed by atoms with van der Waals surface area (Å²) < 4.78 is 0.536. The third-order valence-electron chi connectivity index (χ3n) is 2.46. The Morgan fingerprint density at radius 2 is 1.89 bits per heavy atom. The van der Waals surface area contributed by atoms with E-state index in [-0.39, 0.29) is 11.5 Å². The highest BCUT2D eigenvalue weighted by molar-refractivity contribution is 14.1. The lowest BCUT2D eigenvalue weighted by Gasteiger charge is -2.18. The summed E-state index contributed by atoms with van der Waals surface area (Å²) in [4.78, 5) is 23.2. The van der Waals surface area contributed by atoms with Crippen molar-refractivity contribution in [2.75, 3.05) is 0 Å². The monoisotopic (exact) mass is 415 g/mol. The molecule has 0 radical (unpaired) electrons. The fourth-order valence-electron chi connectivity index (χ4n) is 1.45. The van der Waals surface area contributed by atoms with E-state index in [4.69, 9.17) is 28.3 Å². The SMILES string of the molecule is CC(C)[C@H](NC(=O)c1cc(Cl)cc(Cl)c1I)C(=O)O. The highest BCUT2D eigenvalue weighted by Gasteiger charge is 2.25. The number of carboxylic acid groups (broad SMARTS) is 1. The van der Waals surface area contributed by atoms with Crippen molar-refractivity contribution < 1.29 is 14.7 Å². The van der Waals surface area contributed by atoms with Crippen molar-refractivity contribution in [3.05, 3.63) is 31.3 Å². The normalized spacial score (nSPS) is 12.3. The van der Waals surface area contributed by atoms with Crippen LogP contribution in [0.1, 0.15) is 24.2 Å². The number of amides is 1. The summed E-state index contributed by atoms with van der Waals surface area (Å²) in [5.74, 6) is -1.81. The van der Waals surface area contributed by atoms with E-state index in [2.05, 4.69) is 5.32 Å². The first kappa shape index (κ1) is 16.5. The first-order valence-electron chi connectivity index (χ1n) is 5.42. The maximum atomic E-state index is 12.1. The Labute approximate surface area is 134 Å². The molecule has 0 aliphatic carbocycles. The van der Waals surface area contributed by atoms with Crippen LogP contribution in [0.5, 0.6) is 0 Å². The van der Waals surface area contributed by atoms with Crippen molar-refractivity contribution in [2.24, 2.45) is 5.92 Å². The van der Waals surface area contributed by atoms with Crippen molar-refractivity contribution >= 4 is 57.7 Å². The maximum absolute atomic E-state index is 12.1. The van der Waals surface area contributed by atoms with Gasteiger partial charge in [-0.05, 0) is 40.6 Å². The molecule has 2 N–H and O–H groups in total. The fourth-order valence-corrected chi connectivity index (χ4v) is 2.50. The van der Waals surface area contributed by atoms with E-state index in [9.17, 15) is 9.59 Å². The number of hydrogen-bond acceptors (Lipinski definition) is 2. The van der Waals surface area contributed by atoms with Gasteiger partial charge in [0.25, 0.3) is 5.91 Å². The summed E-state index contributed by atoms with van der Waals surface area (Å²) in [6.07, 6.45) is 0. The summed E-state index contributed by atoms with van der Waals surface area (Å²) in [6.45, 7) is 3.43.